The molecule has 0 N–H and O–H groups in total. The molecule has 0 atom stereocenters. The van der Waals surface area contributed by atoms with Gasteiger partial charge in [0, 0.05) is 28.6 Å². The molecule has 3 aromatic rings. The first kappa shape index (κ1) is 15.9. The molecule has 1 heterocycles. The molecular weight excluding hydrogens is 306 g/mol. The largest absolute Gasteiger partial charge is 0.349 e. The Balaban J connectivity index is 2.47. The maximum absolute atomic E-state index is 12.6. The molecule has 6 heteroatoms. The molecular formula is C18H17N3O3. The number of nitro benzene ring substituents is 1. The number of benzene rings is 2. The Kier molecular flexibility index (Phi) is 3.67. The van der Waals surface area contributed by atoms with Crippen LogP contribution in [0.15, 0.2) is 53.3 Å². The minimum atomic E-state index is -0.492. The van der Waals surface area contributed by atoms with Gasteiger partial charge in [-0.25, -0.2) is 4.79 Å². The fourth-order valence-corrected chi connectivity index (χ4v) is 2.80. The van der Waals surface area contributed by atoms with Crippen molar-refractivity contribution in [3.63, 3.8) is 0 Å². The molecule has 0 radical (unpaired) electrons. The summed E-state index contributed by atoms with van der Waals surface area (Å²) in [7, 11) is 0. The lowest BCUT2D eigenvalue weighted by atomic mass is 10.0. The molecule has 0 aliphatic heterocycles. The Morgan fingerprint density at radius 1 is 1.08 bits per heavy atom. The SMILES string of the molecule is CC(C)(C)n1c(=O)nc(-c2ccccc2)c2cc([N+](=O)[O-])ccc21. The Hall–Kier alpha value is -3.02. The van der Waals surface area contributed by atoms with E-state index >= 15 is 0 Å². The Bertz CT molecular complexity index is 986. The topological polar surface area (TPSA) is 78.0 Å². The lowest BCUT2D eigenvalue weighted by Crippen LogP contribution is -2.35. The van der Waals surface area contributed by atoms with Crippen LogP contribution in [0, 0.1) is 10.1 Å². The standard InChI is InChI=1S/C18H17N3O3/c1-18(2,3)20-15-10-9-13(21(23)24)11-14(15)16(19-17(20)22)12-7-5-4-6-8-12/h4-11H,1-3H3. The van der Waals surface area contributed by atoms with E-state index in [4.69, 9.17) is 0 Å². The van der Waals surface area contributed by atoms with Crippen LogP contribution in [-0.4, -0.2) is 14.5 Å². The third-order valence-electron chi connectivity index (χ3n) is 3.80. The molecule has 122 valence electrons. The number of fused-ring (bicyclic) bond motifs is 1. The van der Waals surface area contributed by atoms with E-state index < -0.39 is 10.5 Å². The lowest BCUT2D eigenvalue weighted by Gasteiger charge is -2.24. The highest BCUT2D eigenvalue weighted by molar-refractivity contribution is 5.94. The molecule has 0 aliphatic rings. The molecule has 6 nitrogen and oxygen atoms in total. The maximum atomic E-state index is 12.6. The third-order valence-corrected chi connectivity index (χ3v) is 3.80. The molecule has 0 bridgehead atoms. The second-order valence-electron chi connectivity index (χ2n) is 6.57. The summed E-state index contributed by atoms with van der Waals surface area (Å²) in [5, 5.41) is 11.7. The normalized spacial score (nSPS) is 11.6. The van der Waals surface area contributed by atoms with E-state index in [-0.39, 0.29) is 11.4 Å². The van der Waals surface area contributed by atoms with Gasteiger partial charge in [-0.2, -0.15) is 4.98 Å². The summed E-state index contributed by atoms with van der Waals surface area (Å²) in [5.74, 6) is 0. The van der Waals surface area contributed by atoms with Gasteiger partial charge in [0.05, 0.1) is 16.1 Å². The van der Waals surface area contributed by atoms with Crippen molar-refractivity contribution in [3.8, 4) is 11.3 Å². The first-order valence-corrected chi connectivity index (χ1v) is 7.56. The van der Waals surface area contributed by atoms with Crippen LogP contribution in [0.2, 0.25) is 0 Å². The molecule has 0 amide bonds. The van der Waals surface area contributed by atoms with Crippen LogP contribution in [0.1, 0.15) is 20.8 Å². The number of nitrogens with zero attached hydrogens (tertiary/aromatic N) is 3. The fraction of sp³-hybridized carbons (Fsp3) is 0.222. The lowest BCUT2D eigenvalue weighted by molar-refractivity contribution is -0.384. The number of nitro groups is 1. The van der Waals surface area contributed by atoms with Gasteiger partial charge in [0.15, 0.2) is 0 Å². The van der Waals surface area contributed by atoms with E-state index in [1.54, 1.807) is 10.6 Å². The second kappa shape index (κ2) is 5.56. The van der Waals surface area contributed by atoms with Gasteiger partial charge in [0.25, 0.3) is 5.69 Å². The van der Waals surface area contributed by atoms with Crippen LogP contribution in [-0.2, 0) is 5.54 Å². The van der Waals surface area contributed by atoms with Crippen LogP contribution < -0.4 is 5.69 Å². The molecule has 0 fully saturated rings. The van der Waals surface area contributed by atoms with Crippen LogP contribution in [0.4, 0.5) is 5.69 Å². The quantitative estimate of drug-likeness (QED) is 0.532. The highest BCUT2D eigenvalue weighted by Crippen LogP contribution is 2.30. The van der Waals surface area contributed by atoms with Gasteiger partial charge in [-0.15, -0.1) is 0 Å². The number of aromatic nitrogens is 2. The van der Waals surface area contributed by atoms with Crippen molar-refractivity contribution in [2.24, 2.45) is 0 Å². The summed E-state index contributed by atoms with van der Waals surface area (Å²) in [6, 6.07) is 13.7. The van der Waals surface area contributed by atoms with Gasteiger partial charge in [-0.05, 0) is 26.8 Å². The molecule has 0 aliphatic carbocycles. The predicted molar refractivity (Wildman–Crippen MR) is 93.1 cm³/mol. The summed E-state index contributed by atoms with van der Waals surface area (Å²) >= 11 is 0. The van der Waals surface area contributed by atoms with Crippen molar-refractivity contribution in [2.75, 3.05) is 0 Å². The summed E-state index contributed by atoms with van der Waals surface area (Å²) in [4.78, 5) is 27.5. The van der Waals surface area contributed by atoms with Crippen LogP contribution in [0.5, 0.6) is 0 Å². The molecule has 0 saturated carbocycles. The molecule has 0 saturated heterocycles. The van der Waals surface area contributed by atoms with Gasteiger partial charge in [0.1, 0.15) is 0 Å². The van der Waals surface area contributed by atoms with Crippen LogP contribution in [0.3, 0.4) is 0 Å². The Morgan fingerprint density at radius 2 is 1.75 bits per heavy atom. The van der Waals surface area contributed by atoms with E-state index in [9.17, 15) is 14.9 Å². The fourth-order valence-electron chi connectivity index (χ4n) is 2.80. The van der Waals surface area contributed by atoms with Crippen molar-refractivity contribution >= 4 is 16.6 Å². The number of rotatable bonds is 2. The first-order valence-electron chi connectivity index (χ1n) is 7.56. The van der Waals surface area contributed by atoms with Crippen molar-refractivity contribution in [3.05, 3.63) is 69.1 Å². The Labute approximate surface area is 138 Å². The molecule has 0 spiro atoms. The molecule has 0 unspecified atom stereocenters. The second-order valence-corrected chi connectivity index (χ2v) is 6.57. The molecule has 3 rings (SSSR count). The van der Waals surface area contributed by atoms with Crippen LogP contribution in [0.25, 0.3) is 22.2 Å². The molecule has 24 heavy (non-hydrogen) atoms. The van der Waals surface area contributed by atoms with E-state index in [1.807, 2.05) is 51.1 Å². The Morgan fingerprint density at radius 3 is 2.33 bits per heavy atom. The number of non-ortho nitro benzene ring substituents is 1. The minimum absolute atomic E-state index is 0.0272. The predicted octanol–water partition coefficient (Wildman–Crippen LogP) is 3.73. The average Bonchev–Trinajstić information content (AvgIpc) is 2.53. The van der Waals surface area contributed by atoms with Gasteiger partial charge in [-0.3, -0.25) is 14.7 Å². The highest BCUT2D eigenvalue weighted by Gasteiger charge is 2.22. The summed E-state index contributed by atoms with van der Waals surface area (Å²) in [6.07, 6.45) is 0. The van der Waals surface area contributed by atoms with Gasteiger partial charge >= 0.3 is 5.69 Å². The van der Waals surface area contributed by atoms with Crippen molar-refractivity contribution in [1.82, 2.24) is 9.55 Å². The van der Waals surface area contributed by atoms with Gasteiger partial charge in [-0.1, -0.05) is 30.3 Å². The van der Waals surface area contributed by atoms with Crippen molar-refractivity contribution in [2.45, 2.75) is 26.3 Å². The molecule has 1 aromatic heterocycles. The summed E-state index contributed by atoms with van der Waals surface area (Å²) in [5.41, 5.74) is 0.949. The summed E-state index contributed by atoms with van der Waals surface area (Å²) in [6.45, 7) is 5.71. The van der Waals surface area contributed by atoms with E-state index in [2.05, 4.69) is 4.98 Å². The zero-order chi connectivity index (χ0) is 17.5. The third kappa shape index (κ3) is 2.67. The van der Waals surface area contributed by atoms with Crippen molar-refractivity contribution < 1.29 is 4.92 Å². The minimum Gasteiger partial charge on any atom is -0.287 e. The number of hydrogen-bond acceptors (Lipinski definition) is 4. The summed E-state index contributed by atoms with van der Waals surface area (Å²) < 4.78 is 1.57. The van der Waals surface area contributed by atoms with Crippen molar-refractivity contribution in [1.29, 1.82) is 0 Å². The first-order chi connectivity index (χ1) is 11.3. The van der Waals surface area contributed by atoms with Crippen LogP contribution >= 0.6 is 0 Å². The van der Waals surface area contributed by atoms with E-state index in [0.717, 1.165) is 5.56 Å². The average molecular weight is 323 g/mol. The zero-order valence-electron chi connectivity index (χ0n) is 13.7. The number of hydrogen-bond donors (Lipinski definition) is 0. The molecule has 2 aromatic carbocycles. The van der Waals surface area contributed by atoms with E-state index in [0.29, 0.717) is 16.6 Å². The monoisotopic (exact) mass is 323 g/mol. The van der Waals surface area contributed by atoms with Gasteiger partial charge in [0.2, 0.25) is 0 Å². The maximum Gasteiger partial charge on any atom is 0.349 e. The van der Waals surface area contributed by atoms with Gasteiger partial charge < -0.3 is 0 Å². The highest BCUT2D eigenvalue weighted by atomic mass is 16.6. The smallest absolute Gasteiger partial charge is 0.287 e. The zero-order valence-corrected chi connectivity index (χ0v) is 13.7. The van der Waals surface area contributed by atoms with E-state index in [1.165, 1.54) is 12.1 Å².